The Balaban J connectivity index is 2.62. The number of hydrogen-bond acceptors (Lipinski definition) is 4. The van der Waals surface area contributed by atoms with Gasteiger partial charge in [-0.2, -0.15) is 0 Å². The number of aromatic nitrogens is 1. The average Bonchev–Trinajstić information content (AvgIpc) is 2.77. The molecule has 0 fully saturated rings. The number of carbonyl (C=O) groups is 2. The van der Waals surface area contributed by atoms with Crippen molar-refractivity contribution in [3.05, 3.63) is 15.6 Å². The fourth-order valence-electron chi connectivity index (χ4n) is 1.62. The number of thiazole rings is 1. The number of carboxylic acid groups (broad SMARTS) is 1. The summed E-state index contributed by atoms with van der Waals surface area (Å²) in [5.74, 6) is 1.43. The molecule has 7 heteroatoms. The highest BCUT2D eigenvalue weighted by atomic mass is 32.1. The van der Waals surface area contributed by atoms with Crippen LogP contribution < -0.4 is 5.32 Å². The minimum absolute atomic E-state index is 0.197. The lowest BCUT2D eigenvalue weighted by Gasteiger charge is -2.19. The van der Waals surface area contributed by atoms with Gasteiger partial charge in [0.2, 0.25) is 0 Å². The van der Waals surface area contributed by atoms with Crippen LogP contribution in [-0.4, -0.2) is 40.1 Å². The van der Waals surface area contributed by atoms with Crippen LogP contribution in [0.1, 0.15) is 33.7 Å². The highest BCUT2D eigenvalue weighted by Gasteiger charge is 2.15. The Morgan fingerprint density at radius 3 is 2.75 bits per heavy atom. The number of aromatic carboxylic acids is 1. The maximum absolute atomic E-state index is 11.9. The molecular formula is C13H17N3O3S. The summed E-state index contributed by atoms with van der Waals surface area (Å²) in [4.78, 5) is 28.6. The summed E-state index contributed by atoms with van der Waals surface area (Å²) in [5.41, 5.74) is 0.459. The van der Waals surface area contributed by atoms with Crippen molar-refractivity contribution in [1.82, 2.24) is 15.2 Å². The molecule has 1 heterocycles. The van der Waals surface area contributed by atoms with Gasteiger partial charge in [-0.1, -0.05) is 12.8 Å². The summed E-state index contributed by atoms with van der Waals surface area (Å²) >= 11 is 1.06. The van der Waals surface area contributed by atoms with Crippen molar-refractivity contribution in [1.29, 1.82) is 0 Å². The lowest BCUT2D eigenvalue weighted by atomic mass is 10.4. The minimum Gasteiger partial charge on any atom is -0.477 e. The van der Waals surface area contributed by atoms with Crippen LogP contribution in [-0.2, 0) is 6.54 Å². The number of terminal acetylenes is 1. The SMILES string of the molecule is C#CCN(CCC)C(=O)NCc1nc(C)c(C(=O)O)s1. The number of nitrogens with zero attached hydrogens (tertiary/aromatic N) is 2. The Morgan fingerprint density at radius 1 is 1.55 bits per heavy atom. The van der Waals surface area contributed by atoms with Crippen LogP contribution in [0.4, 0.5) is 4.79 Å². The third kappa shape index (κ3) is 4.24. The van der Waals surface area contributed by atoms with Gasteiger partial charge >= 0.3 is 12.0 Å². The van der Waals surface area contributed by atoms with E-state index < -0.39 is 5.97 Å². The van der Waals surface area contributed by atoms with Crippen LogP contribution in [0, 0.1) is 19.3 Å². The Morgan fingerprint density at radius 2 is 2.25 bits per heavy atom. The number of amides is 2. The van der Waals surface area contributed by atoms with Crippen molar-refractivity contribution in [2.75, 3.05) is 13.1 Å². The first-order valence-corrected chi connectivity index (χ1v) is 6.97. The van der Waals surface area contributed by atoms with Crippen LogP contribution in [0.25, 0.3) is 0 Å². The molecule has 108 valence electrons. The van der Waals surface area contributed by atoms with Crippen LogP contribution in [0.15, 0.2) is 0 Å². The van der Waals surface area contributed by atoms with Gasteiger partial charge in [-0.05, 0) is 13.3 Å². The molecule has 0 aliphatic heterocycles. The fourth-order valence-corrected chi connectivity index (χ4v) is 2.47. The average molecular weight is 295 g/mol. The lowest BCUT2D eigenvalue weighted by molar-refractivity contribution is 0.0701. The first kappa shape index (κ1) is 16.0. The highest BCUT2D eigenvalue weighted by molar-refractivity contribution is 7.13. The van der Waals surface area contributed by atoms with Crippen molar-refractivity contribution >= 4 is 23.3 Å². The zero-order chi connectivity index (χ0) is 15.1. The predicted molar refractivity (Wildman–Crippen MR) is 76.7 cm³/mol. The third-order valence-electron chi connectivity index (χ3n) is 2.49. The van der Waals surface area contributed by atoms with Gasteiger partial charge in [0.25, 0.3) is 0 Å². The van der Waals surface area contributed by atoms with Crippen LogP contribution >= 0.6 is 11.3 Å². The monoisotopic (exact) mass is 295 g/mol. The van der Waals surface area contributed by atoms with Gasteiger partial charge < -0.3 is 15.3 Å². The van der Waals surface area contributed by atoms with Gasteiger partial charge in [-0.25, -0.2) is 14.6 Å². The summed E-state index contributed by atoms with van der Waals surface area (Å²) in [6.45, 7) is 4.61. The molecule has 6 nitrogen and oxygen atoms in total. The molecule has 0 atom stereocenters. The number of nitrogens with one attached hydrogen (secondary N) is 1. The van der Waals surface area contributed by atoms with Crippen LogP contribution in [0.5, 0.6) is 0 Å². The summed E-state index contributed by atoms with van der Waals surface area (Å²) in [6, 6.07) is -0.269. The van der Waals surface area contributed by atoms with E-state index in [4.69, 9.17) is 11.5 Å². The van der Waals surface area contributed by atoms with Gasteiger partial charge in [-0.3, -0.25) is 0 Å². The molecule has 0 unspecified atom stereocenters. The molecule has 2 amide bonds. The van der Waals surface area contributed by atoms with E-state index in [-0.39, 0.29) is 24.0 Å². The second-order valence-electron chi connectivity index (χ2n) is 4.11. The Hall–Kier alpha value is -2.07. The number of aryl methyl sites for hydroxylation is 1. The van der Waals surface area contributed by atoms with E-state index in [1.165, 1.54) is 4.90 Å². The predicted octanol–water partition coefficient (Wildman–Crippen LogP) is 1.70. The van der Waals surface area contributed by atoms with Crippen molar-refractivity contribution in [3.8, 4) is 12.3 Å². The van der Waals surface area contributed by atoms with Gasteiger partial charge in [-0.15, -0.1) is 17.8 Å². The third-order valence-corrected chi connectivity index (χ3v) is 3.63. The molecule has 0 aromatic carbocycles. The molecule has 1 rings (SSSR count). The molecule has 0 aliphatic carbocycles. The summed E-state index contributed by atoms with van der Waals surface area (Å²) in [5, 5.41) is 12.2. The van der Waals surface area contributed by atoms with Crippen molar-refractivity contribution < 1.29 is 14.7 Å². The number of hydrogen-bond donors (Lipinski definition) is 2. The Kier molecular flexibility index (Phi) is 6.00. The summed E-state index contributed by atoms with van der Waals surface area (Å²) < 4.78 is 0. The smallest absolute Gasteiger partial charge is 0.347 e. The van der Waals surface area contributed by atoms with E-state index in [1.54, 1.807) is 6.92 Å². The first-order valence-electron chi connectivity index (χ1n) is 6.15. The topological polar surface area (TPSA) is 82.5 Å². The van der Waals surface area contributed by atoms with E-state index in [0.717, 1.165) is 17.8 Å². The second kappa shape index (κ2) is 7.50. The van der Waals surface area contributed by atoms with Crippen molar-refractivity contribution in [2.45, 2.75) is 26.8 Å². The molecule has 1 aromatic rings. The van der Waals surface area contributed by atoms with Gasteiger partial charge in [0.1, 0.15) is 9.88 Å². The van der Waals surface area contributed by atoms with E-state index in [9.17, 15) is 9.59 Å². The molecule has 2 N–H and O–H groups in total. The zero-order valence-corrected chi connectivity index (χ0v) is 12.3. The maximum Gasteiger partial charge on any atom is 0.347 e. The van der Waals surface area contributed by atoms with Crippen molar-refractivity contribution in [2.24, 2.45) is 0 Å². The zero-order valence-electron chi connectivity index (χ0n) is 11.5. The first-order chi connectivity index (χ1) is 9.49. The quantitative estimate of drug-likeness (QED) is 0.783. The normalized spacial score (nSPS) is 9.85. The Labute approximate surface area is 121 Å². The summed E-state index contributed by atoms with van der Waals surface area (Å²) in [7, 11) is 0. The lowest BCUT2D eigenvalue weighted by Crippen LogP contribution is -2.40. The van der Waals surface area contributed by atoms with E-state index in [1.807, 2.05) is 6.92 Å². The van der Waals surface area contributed by atoms with Gasteiger partial charge in [0, 0.05) is 6.54 Å². The molecule has 0 aliphatic rings. The number of carbonyl (C=O) groups excluding carboxylic acids is 1. The van der Waals surface area contributed by atoms with E-state index in [2.05, 4.69) is 16.2 Å². The maximum atomic E-state index is 11.9. The molecule has 0 saturated heterocycles. The second-order valence-corrected chi connectivity index (χ2v) is 5.20. The van der Waals surface area contributed by atoms with Gasteiger partial charge in [0.15, 0.2) is 0 Å². The molecule has 0 spiro atoms. The van der Waals surface area contributed by atoms with Gasteiger partial charge in [0.05, 0.1) is 18.8 Å². The summed E-state index contributed by atoms with van der Waals surface area (Å²) in [6.07, 6.45) is 6.03. The Bertz CT molecular complexity index is 533. The molecule has 0 radical (unpaired) electrons. The van der Waals surface area contributed by atoms with Crippen LogP contribution in [0.2, 0.25) is 0 Å². The molecular weight excluding hydrogens is 278 g/mol. The largest absolute Gasteiger partial charge is 0.477 e. The number of urea groups is 1. The van der Waals surface area contributed by atoms with E-state index >= 15 is 0 Å². The molecule has 20 heavy (non-hydrogen) atoms. The highest BCUT2D eigenvalue weighted by Crippen LogP contribution is 2.17. The molecule has 1 aromatic heterocycles. The van der Waals surface area contributed by atoms with E-state index in [0.29, 0.717) is 17.2 Å². The fraction of sp³-hybridized carbons (Fsp3) is 0.462. The van der Waals surface area contributed by atoms with Crippen LogP contribution in [0.3, 0.4) is 0 Å². The molecule has 0 bridgehead atoms. The number of carboxylic acids is 1. The number of rotatable bonds is 6. The molecule has 0 saturated carbocycles. The minimum atomic E-state index is -1.00. The van der Waals surface area contributed by atoms with Crippen molar-refractivity contribution in [3.63, 3.8) is 0 Å². The standard InChI is InChI=1S/C13H17N3O3S/c1-4-6-16(7-5-2)13(19)14-8-10-15-9(3)11(20-10)12(17)18/h1H,5-8H2,2-3H3,(H,14,19)(H,17,18).